The number of hydrogen-bond donors (Lipinski definition) is 0. The van der Waals surface area contributed by atoms with E-state index in [1.54, 1.807) is 4.90 Å². The standard InChI is InChI=1S/C15H17N3O4/c1-4-17(5-2)15(19)10-8-11-12(18(20)21)6-7-13(22-3)14(11)16-9-10/h6-9H,4-5H2,1-3H3. The van der Waals surface area contributed by atoms with Gasteiger partial charge in [-0.05, 0) is 26.0 Å². The molecule has 7 nitrogen and oxygen atoms in total. The van der Waals surface area contributed by atoms with Gasteiger partial charge in [0.05, 0.1) is 23.0 Å². The Morgan fingerprint density at radius 2 is 2.05 bits per heavy atom. The molecule has 2 aromatic rings. The second kappa shape index (κ2) is 6.38. The molecule has 1 aromatic heterocycles. The minimum Gasteiger partial charge on any atom is -0.494 e. The van der Waals surface area contributed by atoms with Gasteiger partial charge in [0.15, 0.2) is 0 Å². The van der Waals surface area contributed by atoms with Gasteiger partial charge in [-0.2, -0.15) is 0 Å². The topological polar surface area (TPSA) is 85.6 Å². The lowest BCUT2D eigenvalue weighted by Gasteiger charge is -2.18. The second-order valence-electron chi connectivity index (χ2n) is 4.64. The Kier molecular flexibility index (Phi) is 4.55. The Hall–Kier alpha value is -2.70. The van der Waals surface area contributed by atoms with Gasteiger partial charge >= 0.3 is 0 Å². The first-order valence-corrected chi connectivity index (χ1v) is 6.93. The quantitative estimate of drug-likeness (QED) is 0.626. The maximum atomic E-state index is 12.4. The molecule has 1 aromatic carbocycles. The number of carbonyl (C=O) groups is 1. The molecule has 0 bridgehead atoms. The highest BCUT2D eigenvalue weighted by Crippen LogP contribution is 2.32. The molecule has 2 rings (SSSR count). The van der Waals surface area contributed by atoms with Gasteiger partial charge in [0, 0.05) is 25.4 Å². The van der Waals surface area contributed by atoms with Gasteiger partial charge in [-0.15, -0.1) is 0 Å². The van der Waals surface area contributed by atoms with Crippen molar-refractivity contribution in [2.45, 2.75) is 13.8 Å². The minimum atomic E-state index is -0.491. The molecule has 1 amide bonds. The number of fused-ring (bicyclic) bond motifs is 1. The molecule has 0 radical (unpaired) electrons. The summed E-state index contributed by atoms with van der Waals surface area (Å²) in [6.45, 7) is 4.88. The van der Waals surface area contributed by atoms with E-state index in [-0.39, 0.29) is 11.6 Å². The predicted molar refractivity (Wildman–Crippen MR) is 82.2 cm³/mol. The van der Waals surface area contributed by atoms with Crippen LogP contribution in [0.25, 0.3) is 10.9 Å². The van der Waals surface area contributed by atoms with E-state index < -0.39 is 4.92 Å². The van der Waals surface area contributed by atoms with E-state index >= 15 is 0 Å². The fraction of sp³-hybridized carbons (Fsp3) is 0.333. The summed E-state index contributed by atoms with van der Waals surface area (Å²) in [5, 5.41) is 11.5. The van der Waals surface area contributed by atoms with Gasteiger partial charge in [-0.1, -0.05) is 0 Å². The van der Waals surface area contributed by atoms with Crippen molar-refractivity contribution in [3.63, 3.8) is 0 Å². The summed E-state index contributed by atoms with van der Waals surface area (Å²) in [4.78, 5) is 28.9. The van der Waals surface area contributed by atoms with Crippen molar-refractivity contribution in [2.75, 3.05) is 20.2 Å². The maximum Gasteiger partial charge on any atom is 0.279 e. The monoisotopic (exact) mass is 303 g/mol. The second-order valence-corrected chi connectivity index (χ2v) is 4.64. The van der Waals surface area contributed by atoms with Gasteiger partial charge in [0.2, 0.25) is 0 Å². The van der Waals surface area contributed by atoms with E-state index in [0.717, 1.165) is 0 Å². The number of nitro benzene ring substituents is 1. The highest BCUT2D eigenvalue weighted by Gasteiger charge is 2.20. The van der Waals surface area contributed by atoms with Gasteiger partial charge in [-0.25, -0.2) is 0 Å². The summed E-state index contributed by atoms with van der Waals surface area (Å²) in [5.41, 5.74) is 0.595. The molecule has 0 saturated carbocycles. The van der Waals surface area contributed by atoms with E-state index in [1.807, 2.05) is 13.8 Å². The van der Waals surface area contributed by atoms with Gasteiger partial charge < -0.3 is 9.64 Å². The van der Waals surface area contributed by atoms with Crippen molar-refractivity contribution in [1.29, 1.82) is 0 Å². The van der Waals surface area contributed by atoms with Crippen molar-refractivity contribution in [2.24, 2.45) is 0 Å². The number of methoxy groups -OCH3 is 1. The minimum absolute atomic E-state index is 0.0995. The maximum absolute atomic E-state index is 12.4. The van der Waals surface area contributed by atoms with Crippen LogP contribution in [0.15, 0.2) is 24.4 Å². The number of carbonyl (C=O) groups excluding carboxylic acids is 1. The van der Waals surface area contributed by atoms with Crippen molar-refractivity contribution < 1.29 is 14.5 Å². The molecule has 0 spiro atoms. The first kappa shape index (κ1) is 15.7. The third kappa shape index (κ3) is 2.69. The Balaban J connectivity index is 2.64. The molecule has 0 unspecified atom stereocenters. The lowest BCUT2D eigenvalue weighted by molar-refractivity contribution is -0.383. The van der Waals surface area contributed by atoms with Crippen LogP contribution in [-0.4, -0.2) is 40.9 Å². The number of amides is 1. The van der Waals surface area contributed by atoms with Crippen molar-refractivity contribution >= 4 is 22.5 Å². The average Bonchev–Trinajstić information content (AvgIpc) is 2.53. The van der Waals surface area contributed by atoms with Crippen LogP contribution in [0.2, 0.25) is 0 Å². The number of nitro groups is 1. The molecular weight excluding hydrogens is 286 g/mol. The lowest BCUT2D eigenvalue weighted by Crippen LogP contribution is -2.30. The third-order valence-corrected chi connectivity index (χ3v) is 3.50. The number of hydrogen-bond acceptors (Lipinski definition) is 5. The highest BCUT2D eigenvalue weighted by atomic mass is 16.6. The zero-order valence-electron chi connectivity index (χ0n) is 12.7. The van der Waals surface area contributed by atoms with E-state index in [4.69, 9.17) is 4.74 Å². The number of rotatable bonds is 5. The van der Waals surface area contributed by atoms with Crippen LogP contribution in [0.4, 0.5) is 5.69 Å². The molecule has 0 aliphatic rings. The van der Waals surface area contributed by atoms with Crippen molar-refractivity contribution in [3.8, 4) is 5.75 Å². The van der Waals surface area contributed by atoms with Crippen LogP contribution in [0, 0.1) is 10.1 Å². The number of nitrogens with zero attached hydrogens (tertiary/aromatic N) is 3. The number of aromatic nitrogens is 1. The molecule has 0 atom stereocenters. The Morgan fingerprint density at radius 1 is 1.36 bits per heavy atom. The Morgan fingerprint density at radius 3 is 2.59 bits per heavy atom. The fourth-order valence-corrected chi connectivity index (χ4v) is 2.31. The van der Waals surface area contributed by atoms with E-state index in [1.165, 1.54) is 31.5 Å². The van der Waals surface area contributed by atoms with Gasteiger partial charge in [0.1, 0.15) is 11.3 Å². The van der Waals surface area contributed by atoms with E-state index in [0.29, 0.717) is 35.3 Å². The van der Waals surface area contributed by atoms with Crippen LogP contribution >= 0.6 is 0 Å². The van der Waals surface area contributed by atoms with Crippen LogP contribution < -0.4 is 4.74 Å². The van der Waals surface area contributed by atoms with E-state index in [2.05, 4.69) is 4.98 Å². The first-order valence-electron chi connectivity index (χ1n) is 6.93. The smallest absolute Gasteiger partial charge is 0.279 e. The lowest BCUT2D eigenvalue weighted by atomic mass is 10.1. The molecule has 0 aliphatic carbocycles. The highest BCUT2D eigenvalue weighted by molar-refractivity contribution is 6.00. The molecule has 116 valence electrons. The van der Waals surface area contributed by atoms with Crippen LogP contribution in [-0.2, 0) is 0 Å². The molecule has 0 N–H and O–H groups in total. The zero-order chi connectivity index (χ0) is 16.3. The molecular formula is C15H17N3O4. The number of ether oxygens (including phenoxy) is 1. The summed E-state index contributed by atoms with van der Waals surface area (Å²) in [7, 11) is 1.47. The summed E-state index contributed by atoms with van der Waals surface area (Å²) >= 11 is 0. The third-order valence-electron chi connectivity index (χ3n) is 3.50. The fourth-order valence-electron chi connectivity index (χ4n) is 2.31. The van der Waals surface area contributed by atoms with Gasteiger partial charge in [-0.3, -0.25) is 19.9 Å². The predicted octanol–water partition coefficient (Wildman–Crippen LogP) is 2.63. The van der Waals surface area contributed by atoms with Crippen LogP contribution in [0.5, 0.6) is 5.75 Å². The molecule has 22 heavy (non-hydrogen) atoms. The number of pyridine rings is 1. The largest absolute Gasteiger partial charge is 0.494 e. The summed E-state index contributed by atoms with van der Waals surface area (Å²) < 4.78 is 5.17. The number of non-ortho nitro benzene ring substituents is 1. The zero-order valence-corrected chi connectivity index (χ0v) is 12.7. The molecule has 0 fully saturated rings. The summed E-state index contributed by atoms with van der Waals surface area (Å²) in [6.07, 6.45) is 1.43. The molecule has 7 heteroatoms. The molecule has 0 aliphatic heterocycles. The van der Waals surface area contributed by atoms with E-state index in [9.17, 15) is 14.9 Å². The molecule has 0 saturated heterocycles. The SMILES string of the molecule is CCN(CC)C(=O)c1cnc2c(OC)ccc([N+](=O)[O-])c2c1. The van der Waals surface area contributed by atoms with Crippen molar-refractivity contribution in [1.82, 2.24) is 9.88 Å². The Bertz CT molecular complexity index is 726. The van der Waals surface area contributed by atoms with Gasteiger partial charge in [0.25, 0.3) is 11.6 Å². The summed E-state index contributed by atoms with van der Waals surface area (Å²) in [6, 6.07) is 4.36. The number of benzene rings is 1. The van der Waals surface area contributed by atoms with Crippen LogP contribution in [0.3, 0.4) is 0 Å². The van der Waals surface area contributed by atoms with Crippen molar-refractivity contribution in [3.05, 3.63) is 40.1 Å². The molecule has 1 heterocycles. The summed E-state index contributed by atoms with van der Waals surface area (Å²) in [5.74, 6) is 0.235. The van der Waals surface area contributed by atoms with Crippen LogP contribution in [0.1, 0.15) is 24.2 Å². The Labute approximate surface area is 127 Å². The normalized spacial score (nSPS) is 10.5. The first-order chi connectivity index (χ1) is 10.5. The average molecular weight is 303 g/mol.